The van der Waals surface area contributed by atoms with Crippen LogP contribution in [0.4, 0.5) is 0 Å². The molecule has 0 aliphatic rings. The first kappa shape index (κ1) is 16.9. The van der Waals surface area contributed by atoms with Crippen LogP contribution in [0.25, 0.3) is 0 Å². The smallest absolute Gasteiger partial charge is 0.0743 e. The van der Waals surface area contributed by atoms with E-state index in [-0.39, 0.29) is 0 Å². The van der Waals surface area contributed by atoms with E-state index in [0.29, 0.717) is 13.2 Å². The van der Waals surface area contributed by atoms with Crippen LogP contribution in [-0.4, -0.2) is 37.5 Å². The molecule has 0 aromatic heterocycles. The van der Waals surface area contributed by atoms with Crippen LogP contribution < -0.4 is 5.32 Å². The maximum absolute atomic E-state index is 10.1. The van der Waals surface area contributed by atoms with E-state index >= 15 is 0 Å². The Hall–Kier alpha value is -0.120. The molecular formula is C14H31NO2. The molecule has 0 aliphatic carbocycles. The molecule has 3 heteroatoms. The van der Waals surface area contributed by atoms with Crippen LogP contribution >= 0.6 is 0 Å². The molecule has 104 valence electrons. The van der Waals surface area contributed by atoms with E-state index < -0.39 is 5.60 Å². The van der Waals surface area contributed by atoms with Gasteiger partial charge in [-0.2, -0.15) is 0 Å². The molecule has 0 fully saturated rings. The molecule has 3 nitrogen and oxygen atoms in total. The maximum atomic E-state index is 10.1. The monoisotopic (exact) mass is 245 g/mol. The van der Waals surface area contributed by atoms with Crippen molar-refractivity contribution in [1.82, 2.24) is 5.32 Å². The van der Waals surface area contributed by atoms with E-state index in [2.05, 4.69) is 12.2 Å². The van der Waals surface area contributed by atoms with Gasteiger partial charge in [0.25, 0.3) is 0 Å². The maximum Gasteiger partial charge on any atom is 0.0743 e. The van der Waals surface area contributed by atoms with Gasteiger partial charge in [-0.1, -0.05) is 45.4 Å². The highest BCUT2D eigenvalue weighted by Gasteiger charge is 2.18. The van der Waals surface area contributed by atoms with Crippen LogP contribution in [0.3, 0.4) is 0 Å². The highest BCUT2D eigenvalue weighted by atomic mass is 16.5. The summed E-state index contributed by atoms with van der Waals surface area (Å²) in [5.41, 5.74) is -0.571. The molecule has 0 aromatic carbocycles. The molecule has 0 aliphatic heterocycles. The van der Waals surface area contributed by atoms with E-state index in [1.807, 2.05) is 6.92 Å². The molecule has 0 rings (SSSR count). The predicted molar refractivity (Wildman–Crippen MR) is 73.4 cm³/mol. The molecule has 0 radical (unpaired) electrons. The third-order valence-electron chi connectivity index (χ3n) is 3.06. The van der Waals surface area contributed by atoms with E-state index in [1.54, 1.807) is 7.11 Å². The molecule has 0 amide bonds. The SMILES string of the molecule is CCCCCCCCC(C)(O)CNCCOC. The first-order chi connectivity index (χ1) is 8.12. The van der Waals surface area contributed by atoms with Crippen molar-refractivity contribution in [2.45, 2.75) is 64.4 Å². The Balaban J connectivity index is 3.37. The molecule has 0 aromatic rings. The van der Waals surface area contributed by atoms with Gasteiger partial charge in [-0.3, -0.25) is 0 Å². The lowest BCUT2D eigenvalue weighted by molar-refractivity contribution is 0.0464. The summed E-state index contributed by atoms with van der Waals surface area (Å²) >= 11 is 0. The van der Waals surface area contributed by atoms with Crippen LogP contribution in [0.5, 0.6) is 0 Å². The van der Waals surface area contributed by atoms with Gasteiger partial charge in [0.2, 0.25) is 0 Å². The van der Waals surface area contributed by atoms with Gasteiger partial charge < -0.3 is 15.2 Å². The number of unbranched alkanes of at least 4 members (excludes halogenated alkanes) is 5. The average molecular weight is 245 g/mol. The Morgan fingerprint density at radius 1 is 1.12 bits per heavy atom. The second kappa shape index (κ2) is 11.0. The number of methoxy groups -OCH3 is 1. The second-order valence-corrected chi connectivity index (χ2v) is 5.18. The molecule has 17 heavy (non-hydrogen) atoms. The second-order valence-electron chi connectivity index (χ2n) is 5.18. The minimum atomic E-state index is -0.571. The van der Waals surface area contributed by atoms with Crippen molar-refractivity contribution in [2.75, 3.05) is 26.8 Å². The molecular weight excluding hydrogens is 214 g/mol. The lowest BCUT2D eigenvalue weighted by atomic mass is 9.97. The van der Waals surface area contributed by atoms with Gasteiger partial charge in [0, 0.05) is 20.2 Å². The van der Waals surface area contributed by atoms with Gasteiger partial charge in [0.05, 0.1) is 12.2 Å². The van der Waals surface area contributed by atoms with Gasteiger partial charge in [-0.15, -0.1) is 0 Å². The number of rotatable bonds is 12. The van der Waals surface area contributed by atoms with Crippen molar-refractivity contribution >= 4 is 0 Å². The molecule has 2 N–H and O–H groups in total. The summed E-state index contributed by atoms with van der Waals surface area (Å²) in [6.45, 7) is 6.32. The van der Waals surface area contributed by atoms with Crippen LogP contribution in [-0.2, 0) is 4.74 Å². The fraction of sp³-hybridized carbons (Fsp3) is 1.00. The minimum Gasteiger partial charge on any atom is -0.389 e. The third-order valence-corrected chi connectivity index (χ3v) is 3.06. The zero-order valence-corrected chi connectivity index (χ0v) is 11.9. The predicted octanol–water partition coefficient (Wildman–Crippen LogP) is 2.72. The van der Waals surface area contributed by atoms with Crippen molar-refractivity contribution in [2.24, 2.45) is 0 Å². The Kier molecular flexibility index (Phi) is 10.9. The van der Waals surface area contributed by atoms with Crippen molar-refractivity contribution < 1.29 is 9.84 Å². The number of hydrogen-bond donors (Lipinski definition) is 2. The summed E-state index contributed by atoms with van der Waals surface area (Å²) in [5, 5.41) is 13.3. The zero-order chi connectivity index (χ0) is 13.0. The van der Waals surface area contributed by atoms with Gasteiger partial charge in [-0.25, -0.2) is 0 Å². The topological polar surface area (TPSA) is 41.5 Å². The summed E-state index contributed by atoms with van der Waals surface area (Å²) in [6, 6.07) is 0. The van der Waals surface area contributed by atoms with Gasteiger partial charge in [0.15, 0.2) is 0 Å². The summed E-state index contributed by atoms with van der Waals surface area (Å²) in [4.78, 5) is 0. The Labute approximate surface area is 107 Å². The summed E-state index contributed by atoms with van der Waals surface area (Å²) in [7, 11) is 1.69. The molecule has 0 saturated carbocycles. The first-order valence-electron chi connectivity index (χ1n) is 7.04. The highest BCUT2D eigenvalue weighted by Crippen LogP contribution is 2.15. The number of ether oxygens (including phenoxy) is 1. The van der Waals surface area contributed by atoms with Crippen LogP contribution in [0.1, 0.15) is 58.8 Å². The summed E-state index contributed by atoms with van der Waals surface area (Å²) in [5.74, 6) is 0. The van der Waals surface area contributed by atoms with E-state index in [4.69, 9.17) is 4.74 Å². The van der Waals surface area contributed by atoms with E-state index in [0.717, 1.165) is 19.4 Å². The lowest BCUT2D eigenvalue weighted by Gasteiger charge is -2.23. The quantitative estimate of drug-likeness (QED) is 0.519. The molecule has 0 spiro atoms. The van der Waals surface area contributed by atoms with Crippen molar-refractivity contribution in [3.63, 3.8) is 0 Å². The molecule has 1 unspecified atom stereocenters. The standard InChI is InChI=1S/C14H31NO2/c1-4-5-6-7-8-9-10-14(2,16)13-15-11-12-17-3/h15-16H,4-13H2,1-3H3. The average Bonchev–Trinajstić information content (AvgIpc) is 2.29. The zero-order valence-electron chi connectivity index (χ0n) is 11.9. The van der Waals surface area contributed by atoms with E-state index in [9.17, 15) is 5.11 Å². The molecule has 0 saturated heterocycles. The van der Waals surface area contributed by atoms with Gasteiger partial charge >= 0.3 is 0 Å². The van der Waals surface area contributed by atoms with Crippen LogP contribution in [0, 0.1) is 0 Å². The first-order valence-corrected chi connectivity index (χ1v) is 7.04. The number of aliphatic hydroxyl groups is 1. The molecule has 0 bridgehead atoms. The number of nitrogens with one attached hydrogen (secondary N) is 1. The minimum absolute atomic E-state index is 0.571. The van der Waals surface area contributed by atoms with Crippen molar-refractivity contribution in [1.29, 1.82) is 0 Å². The fourth-order valence-corrected chi connectivity index (χ4v) is 1.91. The van der Waals surface area contributed by atoms with Crippen LogP contribution in [0.2, 0.25) is 0 Å². The Morgan fingerprint density at radius 2 is 1.76 bits per heavy atom. The Bertz CT molecular complexity index is 160. The third kappa shape index (κ3) is 12.1. The summed E-state index contributed by atoms with van der Waals surface area (Å²) < 4.78 is 4.95. The summed E-state index contributed by atoms with van der Waals surface area (Å²) in [6.07, 6.45) is 8.54. The van der Waals surface area contributed by atoms with Gasteiger partial charge in [0.1, 0.15) is 0 Å². The Morgan fingerprint density at radius 3 is 2.41 bits per heavy atom. The lowest BCUT2D eigenvalue weighted by Crippen LogP contribution is -2.38. The fourth-order valence-electron chi connectivity index (χ4n) is 1.91. The van der Waals surface area contributed by atoms with Crippen molar-refractivity contribution in [3.8, 4) is 0 Å². The molecule has 0 heterocycles. The number of hydrogen-bond acceptors (Lipinski definition) is 3. The van der Waals surface area contributed by atoms with Crippen molar-refractivity contribution in [3.05, 3.63) is 0 Å². The largest absolute Gasteiger partial charge is 0.389 e. The van der Waals surface area contributed by atoms with Gasteiger partial charge in [-0.05, 0) is 13.3 Å². The normalized spacial score (nSPS) is 14.8. The van der Waals surface area contributed by atoms with E-state index in [1.165, 1.54) is 32.1 Å². The van der Waals surface area contributed by atoms with Crippen LogP contribution in [0.15, 0.2) is 0 Å². The highest BCUT2D eigenvalue weighted by molar-refractivity contribution is 4.75. The molecule has 1 atom stereocenters.